The van der Waals surface area contributed by atoms with Crippen molar-refractivity contribution in [3.63, 3.8) is 0 Å². The van der Waals surface area contributed by atoms with Crippen molar-refractivity contribution in [2.75, 3.05) is 44.7 Å². The number of hydrogen-bond donors (Lipinski definition) is 3. The second-order valence-electron chi connectivity index (χ2n) is 12.2. The number of ether oxygens (including phenoxy) is 2. The number of nitrogens with one attached hydrogen (secondary N) is 3. The molecular weight excluding hydrogens is 550 g/mol. The summed E-state index contributed by atoms with van der Waals surface area (Å²) in [6, 6.07) is 6.98. The van der Waals surface area contributed by atoms with Crippen LogP contribution in [0.15, 0.2) is 53.2 Å². The van der Waals surface area contributed by atoms with Crippen molar-refractivity contribution < 1.29 is 23.9 Å². The normalized spacial score (nSPS) is 26.8. The first kappa shape index (κ1) is 27.9. The Kier molecular flexibility index (Phi) is 7.56. The molecule has 1 aromatic carbocycles. The van der Waals surface area contributed by atoms with Crippen LogP contribution in [0.3, 0.4) is 0 Å². The highest BCUT2D eigenvalue weighted by atomic mass is 16.7. The minimum Gasteiger partial charge on any atom is -0.347 e. The highest BCUT2D eigenvalue weighted by Crippen LogP contribution is 2.32. The first-order valence-corrected chi connectivity index (χ1v) is 15.4. The van der Waals surface area contributed by atoms with E-state index in [4.69, 9.17) is 9.47 Å². The van der Waals surface area contributed by atoms with E-state index >= 15 is 0 Å². The maximum absolute atomic E-state index is 13.9. The topological polar surface area (TPSA) is 128 Å². The van der Waals surface area contributed by atoms with Gasteiger partial charge in [-0.3, -0.25) is 4.79 Å². The Hall–Kier alpha value is -3.90. The quantitative estimate of drug-likeness (QED) is 0.484. The fourth-order valence-electron chi connectivity index (χ4n) is 7.03. The fraction of sp³-hybridized carbons (Fsp3) is 0.548. The van der Waals surface area contributed by atoms with Crippen molar-refractivity contribution in [3.05, 3.63) is 53.6 Å². The monoisotopic (exact) mass is 589 g/mol. The van der Waals surface area contributed by atoms with Crippen LogP contribution in [0.25, 0.3) is 0 Å². The van der Waals surface area contributed by atoms with E-state index in [1.54, 1.807) is 4.90 Å². The second-order valence-corrected chi connectivity index (χ2v) is 12.2. The van der Waals surface area contributed by atoms with Crippen LogP contribution in [0.5, 0.6) is 0 Å². The van der Waals surface area contributed by atoms with Crippen molar-refractivity contribution in [1.29, 1.82) is 0 Å². The maximum Gasteiger partial charge on any atom is 0.322 e. The Balaban J connectivity index is 0.994. The van der Waals surface area contributed by atoms with Gasteiger partial charge in [-0.05, 0) is 30.0 Å². The number of benzene rings is 1. The third kappa shape index (κ3) is 5.73. The van der Waals surface area contributed by atoms with E-state index in [1.165, 1.54) is 0 Å². The van der Waals surface area contributed by atoms with Crippen molar-refractivity contribution in [2.45, 2.75) is 62.6 Å². The number of amides is 5. The van der Waals surface area contributed by atoms with Gasteiger partial charge < -0.3 is 40.2 Å². The summed E-state index contributed by atoms with van der Waals surface area (Å²) >= 11 is 0. The minimum atomic E-state index is -0.701. The van der Waals surface area contributed by atoms with Gasteiger partial charge in [-0.25, -0.2) is 9.59 Å². The van der Waals surface area contributed by atoms with Gasteiger partial charge in [0, 0.05) is 75.8 Å². The van der Waals surface area contributed by atoms with E-state index in [-0.39, 0.29) is 36.0 Å². The number of likely N-dealkylation sites (tertiary alicyclic amines) is 2. The fourth-order valence-corrected chi connectivity index (χ4v) is 7.03. The zero-order valence-electron chi connectivity index (χ0n) is 24.2. The smallest absolute Gasteiger partial charge is 0.322 e. The van der Waals surface area contributed by atoms with Crippen LogP contribution in [0.2, 0.25) is 0 Å². The van der Waals surface area contributed by atoms with Crippen molar-refractivity contribution in [3.8, 4) is 0 Å². The van der Waals surface area contributed by atoms with E-state index in [0.717, 1.165) is 16.8 Å². The molecule has 0 aromatic heterocycles. The lowest BCUT2D eigenvalue weighted by atomic mass is 9.90. The first-order valence-electron chi connectivity index (χ1n) is 15.4. The summed E-state index contributed by atoms with van der Waals surface area (Å²) in [7, 11) is 0. The van der Waals surface area contributed by atoms with Gasteiger partial charge in [0.25, 0.3) is 0 Å². The number of allylic oxidation sites excluding steroid dienone is 1. The van der Waals surface area contributed by atoms with Gasteiger partial charge in [0.05, 0.1) is 19.3 Å². The Morgan fingerprint density at radius 1 is 1.07 bits per heavy atom. The van der Waals surface area contributed by atoms with Gasteiger partial charge in [0.2, 0.25) is 5.91 Å². The molecule has 3 unspecified atom stereocenters. The van der Waals surface area contributed by atoms with E-state index in [0.29, 0.717) is 78.0 Å². The van der Waals surface area contributed by atoms with Crippen LogP contribution >= 0.6 is 0 Å². The highest BCUT2D eigenvalue weighted by molar-refractivity contribution is 5.92. The molecule has 1 aliphatic carbocycles. The molecule has 0 bridgehead atoms. The molecule has 43 heavy (non-hydrogen) atoms. The molecule has 5 aliphatic heterocycles. The Bertz CT molecular complexity index is 1340. The third-order valence-electron chi connectivity index (χ3n) is 9.55. The largest absolute Gasteiger partial charge is 0.347 e. The summed E-state index contributed by atoms with van der Waals surface area (Å²) in [5.41, 5.74) is 6.03. The van der Waals surface area contributed by atoms with Gasteiger partial charge in [0.15, 0.2) is 5.79 Å². The summed E-state index contributed by atoms with van der Waals surface area (Å²) in [5.74, 6) is -0.531. The molecule has 5 amide bonds. The average molecular weight is 590 g/mol. The van der Waals surface area contributed by atoms with E-state index in [9.17, 15) is 14.4 Å². The molecule has 3 fully saturated rings. The number of hydrazone groups is 1. The SMILES string of the molecule is O=C(NC(CC1=CC2C=NNC2C=C1)C(=O)N1CCC2(CC1)OCCO2)N1CCC(N2Cc3ccccc3NC2=O)CC1. The lowest BCUT2D eigenvalue weighted by molar-refractivity contribution is -0.187. The predicted octanol–water partition coefficient (Wildman–Crippen LogP) is 2.40. The zero-order chi connectivity index (χ0) is 29.4. The number of carbonyl (C=O) groups is 3. The molecule has 12 heteroatoms. The van der Waals surface area contributed by atoms with Gasteiger partial charge in [-0.15, -0.1) is 0 Å². The lowest BCUT2D eigenvalue weighted by Crippen LogP contribution is -2.57. The number of anilines is 1. The van der Waals surface area contributed by atoms with Crippen molar-refractivity contribution in [1.82, 2.24) is 25.4 Å². The number of piperidine rings is 2. The number of para-hydroxylation sites is 1. The molecule has 6 aliphatic rings. The Morgan fingerprint density at radius 3 is 2.63 bits per heavy atom. The molecule has 0 saturated carbocycles. The van der Waals surface area contributed by atoms with E-state index in [2.05, 4.69) is 33.3 Å². The van der Waals surface area contributed by atoms with Crippen LogP contribution in [0.1, 0.15) is 37.7 Å². The second kappa shape index (κ2) is 11.6. The molecule has 7 rings (SSSR count). The predicted molar refractivity (Wildman–Crippen MR) is 159 cm³/mol. The summed E-state index contributed by atoms with van der Waals surface area (Å²) in [5, 5.41) is 10.3. The van der Waals surface area contributed by atoms with Crippen molar-refractivity contribution in [2.24, 2.45) is 11.0 Å². The van der Waals surface area contributed by atoms with Gasteiger partial charge in [-0.2, -0.15) is 5.10 Å². The van der Waals surface area contributed by atoms with E-state index in [1.807, 2.05) is 46.4 Å². The summed E-state index contributed by atoms with van der Waals surface area (Å²) in [6.45, 7) is 3.80. The number of carbonyl (C=O) groups excluding carboxylic acids is 3. The Morgan fingerprint density at radius 2 is 1.84 bits per heavy atom. The molecule has 3 N–H and O–H groups in total. The number of rotatable bonds is 5. The Labute approximate surface area is 251 Å². The molecular formula is C31H39N7O5. The van der Waals surface area contributed by atoms with Gasteiger partial charge in [0.1, 0.15) is 6.04 Å². The summed E-state index contributed by atoms with van der Waals surface area (Å²) in [4.78, 5) is 45.8. The maximum atomic E-state index is 13.9. The highest BCUT2D eigenvalue weighted by Gasteiger charge is 2.42. The van der Waals surface area contributed by atoms with Crippen LogP contribution in [0, 0.1) is 5.92 Å². The zero-order valence-corrected chi connectivity index (χ0v) is 24.2. The first-order chi connectivity index (χ1) is 21.0. The summed E-state index contributed by atoms with van der Waals surface area (Å²) < 4.78 is 11.7. The van der Waals surface area contributed by atoms with Crippen LogP contribution in [-0.2, 0) is 20.8 Å². The van der Waals surface area contributed by atoms with Gasteiger partial charge >= 0.3 is 12.1 Å². The summed E-state index contributed by atoms with van der Waals surface area (Å²) in [6.07, 6.45) is 11.1. The molecule has 3 atom stereocenters. The number of urea groups is 2. The van der Waals surface area contributed by atoms with Gasteiger partial charge in [-0.1, -0.05) is 36.4 Å². The molecule has 1 aromatic rings. The number of hydrogen-bond acceptors (Lipinski definition) is 7. The minimum absolute atomic E-state index is 0.0442. The standard InChI is InChI=1S/C31H39N7O5/c39-28(36-13-9-31(10-14-36)42-15-16-43-31)27(18-21-5-6-26-23(17-21)19-32-35-26)34-29(40)37-11-7-24(8-12-37)38-20-22-3-1-2-4-25(22)33-30(38)41/h1-6,17,19,23-24,26-27,35H,7-16,18,20H2,(H,33,41)(H,34,40). The molecule has 228 valence electrons. The molecule has 5 heterocycles. The third-order valence-corrected chi connectivity index (χ3v) is 9.55. The average Bonchev–Trinajstić information content (AvgIpc) is 3.70. The molecule has 1 spiro atoms. The van der Waals surface area contributed by atoms with E-state index < -0.39 is 11.8 Å². The van der Waals surface area contributed by atoms with Crippen LogP contribution < -0.4 is 16.1 Å². The number of nitrogens with zero attached hydrogens (tertiary/aromatic N) is 4. The molecule has 0 radical (unpaired) electrons. The number of fused-ring (bicyclic) bond motifs is 2. The molecule has 3 saturated heterocycles. The lowest BCUT2D eigenvalue weighted by Gasteiger charge is -2.41. The molecule has 12 nitrogen and oxygen atoms in total. The van der Waals surface area contributed by atoms with Crippen LogP contribution in [0.4, 0.5) is 15.3 Å². The van der Waals surface area contributed by atoms with Crippen LogP contribution in [-0.4, -0.2) is 102 Å². The van der Waals surface area contributed by atoms with Crippen molar-refractivity contribution >= 4 is 29.9 Å².